The largest absolute Gasteiger partial charge is 0.475 e. The molecule has 1 aromatic heterocycles. The van der Waals surface area contributed by atoms with Crippen molar-refractivity contribution in [1.29, 1.82) is 0 Å². The lowest BCUT2D eigenvalue weighted by molar-refractivity contribution is 0.0656. The highest BCUT2D eigenvalue weighted by atomic mass is 16.4. The van der Waals surface area contributed by atoms with E-state index < -0.39 is 5.97 Å². The maximum atomic E-state index is 10.7. The van der Waals surface area contributed by atoms with Gasteiger partial charge in [-0.15, -0.1) is 0 Å². The van der Waals surface area contributed by atoms with Crippen molar-refractivity contribution in [2.75, 3.05) is 34.2 Å². The van der Waals surface area contributed by atoms with Crippen molar-refractivity contribution in [3.05, 3.63) is 23.7 Å². The normalized spacial score (nSPS) is 13.2. The van der Waals surface area contributed by atoms with Crippen LogP contribution in [0.1, 0.15) is 35.7 Å². The highest BCUT2D eigenvalue weighted by Gasteiger charge is 2.17. The van der Waals surface area contributed by atoms with Gasteiger partial charge in [-0.25, -0.2) is 4.79 Å². The quantitative estimate of drug-likeness (QED) is 0.805. The Balaban J connectivity index is 2.51. The van der Waals surface area contributed by atoms with Gasteiger partial charge in [0.25, 0.3) is 0 Å². The van der Waals surface area contributed by atoms with Crippen LogP contribution in [-0.2, 0) is 0 Å². The van der Waals surface area contributed by atoms with E-state index in [9.17, 15) is 4.79 Å². The first-order chi connectivity index (χ1) is 8.41. The van der Waals surface area contributed by atoms with Crippen molar-refractivity contribution in [2.24, 2.45) is 0 Å². The maximum absolute atomic E-state index is 10.7. The minimum atomic E-state index is -1.02. The molecule has 1 unspecified atom stereocenters. The van der Waals surface area contributed by atoms with Gasteiger partial charge in [0.1, 0.15) is 5.76 Å². The number of carbonyl (C=O) groups is 1. The van der Waals surface area contributed by atoms with E-state index in [-0.39, 0.29) is 11.8 Å². The molecule has 0 aromatic carbocycles. The fourth-order valence-corrected chi connectivity index (χ4v) is 1.74. The van der Waals surface area contributed by atoms with Gasteiger partial charge in [0.15, 0.2) is 0 Å². The molecule has 1 aromatic rings. The molecule has 0 bridgehead atoms. The van der Waals surface area contributed by atoms with Crippen LogP contribution in [0.5, 0.6) is 0 Å². The number of furan rings is 1. The van der Waals surface area contributed by atoms with Crippen LogP contribution in [-0.4, -0.2) is 55.1 Å². The molecule has 0 amide bonds. The van der Waals surface area contributed by atoms with Crippen LogP contribution >= 0.6 is 0 Å². The summed E-state index contributed by atoms with van der Waals surface area (Å²) in [5.74, 6) is -0.331. The van der Waals surface area contributed by atoms with E-state index in [1.165, 1.54) is 6.07 Å². The molecule has 5 nitrogen and oxygen atoms in total. The third kappa shape index (κ3) is 4.16. The standard InChI is InChI=1S/C13H22N2O3/c1-10(15(4)9-5-8-14(2)3)11-6-7-12(18-11)13(16)17/h6-7,10H,5,8-9H2,1-4H3,(H,16,17). The van der Waals surface area contributed by atoms with Gasteiger partial charge in [-0.05, 0) is 59.7 Å². The summed E-state index contributed by atoms with van der Waals surface area (Å²) in [5, 5.41) is 8.81. The van der Waals surface area contributed by atoms with Gasteiger partial charge in [-0.2, -0.15) is 0 Å². The highest BCUT2D eigenvalue weighted by molar-refractivity contribution is 5.84. The molecule has 5 heteroatoms. The monoisotopic (exact) mass is 254 g/mol. The second-order valence-electron chi connectivity index (χ2n) is 4.82. The Morgan fingerprint density at radius 3 is 2.50 bits per heavy atom. The summed E-state index contributed by atoms with van der Waals surface area (Å²) in [4.78, 5) is 15.0. The molecule has 0 saturated carbocycles. The van der Waals surface area contributed by atoms with Gasteiger partial charge in [-0.1, -0.05) is 0 Å². The van der Waals surface area contributed by atoms with Crippen molar-refractivity contribution < 1.29 is 14.3 Å². The van der Waals surface area contributed by atoms with Crippen molar-refractivity contribution in [3.8, 4) is 0 Å². The first-order valence-electron chi connectivity index (χ1n) is 6.09. The number of carboxylic acid groups (broad SMARTS) is 1. The van der Waals surface area contributed by atoms with Crippen molar-refractivity contribution >= 4 is 5.97 Å². The van der Waals surface area contributed by atoms with Crippen molar-refractivity contribution in [1.82, 2.24) is 9.80 Å². The molecule has 18 heavy (non-hydrogen) atoms. The molecule has 1 atom stereocenters. The molecule has 1 N–H and O–H groups in total. The molecule has 0 aliphatic heterocycles. The Morgan fingerprint density at radius 1 is 1.33 bits per heavy atom. The summed E-state index contributed by atoms with van der Waals surface area (Å²) in [5.41, 5.74) is 0. The van der Waals surface area contributed by atoms with Crippen LogP contribution in [0.25, 0.3) is 0 Å². The molecule has 0 saturated heterocycles. The minimum Gasteiger partial charge on any atom is -0.475 e. The Kier molecular flexibility index (Phi) is 5.37. The lowest BCUT2D eigenvalue weighted by atomic mass is 10.2. The minimum absolute atomic E-state index is 0.00135. The predicted octanol–water partition coefficient (Wildman–Crippen LogP) is 1.92. The number of hydrogen-bond acceptors (Lipinski definition) is 4. The summed E-state index contributed by atoms with van der Waals surface area (Å²) in [6.45, 7) is 4.00. The van der Waals surface area contributed by atoms with Gasteiger partial charge in [0.05, 0.1) is 6.04 Å². The summed E-state index contributed by atoms with van der Waals surface area (Å²) < 4.78 is 5.30. The van der Waals surface area contributed by atoms with Crippen LogP contribution in [0.4, 0.5) is 0 Å². The van der Waals surface area contributed by atoms with E-state index in [1.54, 1.807) is 6.07 Å². The second-order valence-corrected chi connectivity index (χ2v) is 4.82. The number of nitrogens with zero attached hydrogens (tertiary/aromatic N) is 2. The van der Waals surface area contributed by atoms with Gasteiger partial charge < -0.3 is 14.4 Å². The van der Waals surface area contributed by atoms with Gasteiger partial charge in [-0.3, -0.25) is 4.90 Å². The van der Waals surface area contributed by atoms with Gasteiger partial charge >= 0.3 is 5.97 Å². The molecule has 1 rings (SSSR count). The fraction of sp³-hybridized carbons (Fsp3) is 0.615. The number of hydrogen-bond donors (Lipinski definition) is 1. The Hall–Kier alpha value is -1.33. The van der Waals surface area contributed by atoms with Crippen molar-refractivity contribution in [3.63, 3.8) is 0 Å². The average molecular weight is 254 g/mol. The van der Waals surface area contributed by atoms with E-state index >= 15 is 0 Å². The van der Waals surface area contributed by atoms with Gasteiger partial charge in [0.2, 0.25) is 5.76 Å². The van der Waals surface area contributed by atoms with Crippen LogP contribution in [0.15, 0.2) is 16.5 Å². The lowest BCUT2D eigenvalue weighted by Crippen LogP contribution is -2.26. The van der Waals surface area contributed by atoms with Crippen molar-refractivity contribution in [2.45, 2.75) is 19.4 Å². The first-order valence-corrected chi connectivity index (χ1v) is 6.09. The van der Waals surface area contributed by atoms with E-state index in [1.807, 2.05) is 14.0 Å². The third-order valence-corrected chi connectivity index (χ3v) is 3.03. The second kappa shape index (κ2) is 6.56. The molecular formula is C13H22N2O3. The predicted molar refractivity (Wildman–Crippen MR) is 69.9 cm³/mol. The van der Waals surface area contributed by atoms with Crippen LogP contribution in [0.3, 0.4) is 0 Å². The number of aromatic carboxylic acids is 1. The van der Waals surface area contributed by atoms with Gasteiger partial charge in [0, 0.05) is 0 Å². The Morgan fingerprint density at radius 2 is 2.00 bits per heavy atom. The summed E-state index contributed by atoms with van der Waals surface area (Å²) in [7, 11) is 6.12. The molecule has 102 valence electrons. The number of carboxylic acids is 1. The fourth-order valence-electron chi connectivity index (χ4n) is 1.74. The van der Waals surface area contributed by atoms with Crippen LogP contribution in [0, 0.1) is 0 Å². The number of rotatable bonds is 7. The zero-order valence-corrected chi connectivity index (χ0v) is 11.5. The van der Waals surface area contributed by atoms with E-state index in [2.05, 4.69) is 23.9 Å². The zero-order valence-electron chi connectivity index (χ0n) is 11.5. The maximum Gasteiger partial charge on any atom is 0.371 e. The topological polar surface area (TPSA) is 56.9 Å². The average Bonchev–Trinajstić information content (AvgIpc) is 2.76. The zero-order chi connectivity index (χ0) is 13.7. The molecule has 1 heterocycles. The third-order valence-electron chi connectivity index (χ3n) is 3.03. The molecule has 0 aliphatic carbocycles. The molecular weight excluding hydrogens is 232 g/mol. The lowest BCUT2D eigenvalue weighted by Gasteiger charge is -2.23. The smallest absolute Gasteiger partial charge is 0.371 e. The summed E-state index contributed by atoms with van der Waals surface area (Å²) in [6, 6.07) is 3.32. The summed E-state index contributed by atoms with van der Waals surface area (Å²) >= 11 is 0. The Labute approximate surface area is 108 Å². The molecule has 0 radical (unpaired) electrons. The summed E-state index contributed by atoms with van der Waals surface area (Å²) in [6.07, 6.45) is 1.07. The molecule has 0 spiro atoms. The first kappa shape index (κ1) is 14.7. The molecule has 0 fully saturated rings. The van der Waals surface area contributed by atoms with E-state index in [0.717, 1.165) is 19.5 Å². The van der Waals surface area contributed by atoms with E-state index in [0.29, 0.717) is 5.76 Å². The SMILES string of the molecule is CC(c1ccc(C(=O)O)o1)N(C)CCCN(C)C. The Bertz CT molecular complexity index is 387. The van der Waals surface area contributed by atoms with E-state index in [4.69, 9.17) is 9.52 Å². The van der Waals surface area contributed by atoms with Crippen LogP contribution in [0.2, 0.25) is 0 Å². The highest BCUT2D eigenvalue weighted by Crippen LogP contribution is 2.21. The molecule has 0 aliphatic rings. The van der Waals surface area contributed by atoms with Crippen LogP contribution < -0.4 is 0 Å².